The quantitative estimate of drug-likeness (QED) is 0.784. The van der Waals surface area contributed by atoms with E-state index < -0.39 is 5.82 Å². The van der Waals surface area contributed by atoms with E-state index in [0.717, 1.165) is 0 Å². The number of halogens is 2. The molecule has 0 amide bonds. The minimum atomic E-state index is -0.524. The number of aromatic nitrogens is 3. The second-order valence-corrected chi connectivity index (χ2v) is 4.35. The van der Waals surface area contributed by atoms with E-state index in [2.05, 4.69) is 15.1 Å². The summed E-state index contributed by atoms with van der Waals surface area (Å²) in [6, 6.07) is 6.00. The van der Waals surface area contributed by atoms with Crippen LogP contribution in [0.1, 0.15) is 0 Å². The van der Waals surface area contributed by atoms with Gasteiger partial charge in [0.25, 0.3) is 0 Å². The fourth-order valence-corrected chi connectivity index (χ4v) is 2.11. The standard InChI is InChI=1S/C13H8ClFN4O/c14-7-3-1-4-8(15)9(7)10-11(19-20-12(10)16)13-17-5-2-6-18-13/h1-6H,16H2. The van der Waals surface area contributed by atoms with Gasteiger partial charge in [0.2, 0.25) is 5.88 Å². The lowest BCUT2D eigenvalue weighted by Crippen LogP contribution is -1.94. The summed E-state index contributed by atoms with van der Waals surface area (Å²) < 4.78 is 19.0. The third kappa shape index (κ3) is 2.00. The Morgan fingerprint density at radius 1 is 1.10 bits per heavy atom. The van der Waals surface area contributed by atoms with Crippen LogP contribution in [0.15, 0.2) is 41.2 Å². The molecule has 5 nitrogen and oxygen atoms in total. The van der Waals surface area contributed by atoms with Crippen molar-refractivity contribution in [3.8, 4) is 22.6 Å². The molecule has 0 saturated heterocycles. The van der Waals surface area contributed by atoms with Crippen LogP contribution in [0.3, 0.4) is 0 Å². The summed E-state index contributed by atoms with van der Waals surface area (Å²) in [6.45, 7) is 0. The Morgan fingerprint density at radius 3 is 2.55 bits per heavy atom. The van der Waals surface area contributed by atoms with Crippen molar-refractivity contribution in [3.05, 3.63) is 47.5 Å². The van der Waals surface area contributed by atoms with Crippen molar-refractivity contribution in [2.75, 3.05) is 5.73 Å². The third-order valence-corrected chi connectivity index (χ3v) is 3.02. The van der Waals surface area contributed by atoms with Gasteiger partial charge in [0.05, 0.1) is 10.6 Å². The Labute approximate surface area is 118 Å². The first-order valence-corrected chi connectivity index (χ1v) is 6.03. The van der Waals surface area contributed by atoms with Crippen LogP contribution in [0, 0.1) is 5.82 Å². The van der Waals surface area contributed by atoms with Crippen molar-refractivity contribution in [2.45, 2.75) is 0 Å². The highest BCUT2D eigenvalue weighted by molar-refractivity contribution is 6.33. The molecule has 0 aliphatic heterocycles. The van der Waals surface area contributed by atoms with Crippen molar-refractivity contribution in [3.63, 3.8) is 0 Å². The molecule has 2 aromatic heterocycles. The Kier molecular flexibility index (Phi) is 3.08. The molecule has 1 aromatic carbocycles. The van der Waals surface area contributed by atoms with E-state index in [0.29, 0.717) is 0 Å². The van der Waals surface area contributed by atoms with Crippen molar-refractivity contribution in [1.82, 2.24) is 15.1 Å². The zero-order chi connectivity index (χ0) is 14.1. The predicted octanol–water partition coefficient (Wildman–Crippen LogP) is 3.17. The summed E-state index contributed by atoms with van der Waals surface area (Å²) in [4.78, 5) is 8.11. The number of hydrogen-bond acceptors (Lipinski definition) is 5. The molecule has 7 heteroatoms. The van der Waals surface area contributed by atoms with Gasteiger partial charge < -0.3 is 10.3 Å². The molecule has 0 unspecified atom stereocenters. The fraction of sp³-hybridized carbons (Fsp3) is 0. The normalized spacial score (nSPS) is 10.7. The van der Waals surface area contributed by atoms with Crippen LogP contribution < -0.4 is 5.73 Å². The van der Waals surface area contributed by atoms with Gasteiger partial charge >= 0.3 is 0 Å². The van der Waals surface area contributed by atoms with Gasteiger partial charge in [-0.1, -0.05) is 22.8 Å². The number of hydrogen-bond donors (Lipinski definition) is 1. The summed E-state index contributed by atoms with van der Waals surface area (Å²) in [5.74, 6) is -0.286. The number of benzene rings is 1. The number of rotatable bonds is 2. The molecule has 20 heavy (non-hydrogen) atoms. The average Bonchev–Trinajstić information content (AvgIpc) is 2.82. The lowest BCUT2D eigenvalue weighted by molar-refractivity contribution is 0.439. The molecule has 2 N–H and O–H groups in total. The molecule has 2 heterocycles. The molecular formula is C13H8ClFN4O. The summed E-state index contributed by atoms with van der Waals surface area (Å²) in [5, 5.41) is 4.00. The summed E-state index contributed by atoms with van der Waals surface area (Å²) >= 11 is 6.05. The maximum absolute atomic E-state index is 14.0. The monoisotopic (exact) mass is 290 g/mol. The van der Waals surface area contributed by atoms with Crippen LogP contribution in [0.2, 0.25) is 5.02 Å². The van der Waals surface area contributed by atoms with E-state index in [9.17, 15) is 4.39 Å². The molecule has 0 spiro atoms. The van der Waals surface area contributed by atoms with Gasteiger partial charge in [-0.15, -0.1) is 0 Å². The van der Waals surface area contributed by atoms with Crippen molar-refractivity contribution < 1.29 is 8.91 Å². The second-order valence-electron chi connectivity index (χ2n) is 3.94. The topological polar surface area (TPSA) is 77.8 Å². The summed E-state index contributed by atoms with van der Waals surface area (Å²) in [5.41, 5.74) is 6.35. The fourth-order valence-electron chi connectivity index (χ4n) is 1.86. The van der Waals surface area contributed by atoms with Crippen LogP contribution >= 0.6 is 11.6 Å². The maximum atomic E-state index is 14.0. The van der Waals surface area contributed by atoms with Gasteiger partial charge in [0, 0.05) is 18.0 Å². The van der Waals surface area contributed by atoms with E-state index in [4.69, 9.17) is 21.9 Å². The molecule has 0 radical (unpaired) electrons. The van der Waals surface area contributed by atoms with Crippen LogP contribution in [-0.2, 0) is 0 Å². The van der Waals surface area contributed by atoms with Gasteiger partial charge in [0.15, 0.2) is 11.5 Å². The highest BCUT2D eigenvalue weighted by atomic mass is 35.5. The van der Waals surface area contributed by atoms with Crippen molar-refractivity contribution in [1.29, 1.82) is 0 Å². The van der Waals surface area contributed by atoms with Gasteiger partial charge in [-0.25, -0.2) is 14.4 Å². The SMILES string of the molecule is Nc1onc(-c2ncccn2)c1-c1c(F)cccc1Cl. The highest BCUT2D eigenvalue weighted by Gasteiger charge is 2.23. The first kappa shape index (κ1) is 12.6. The predicted molar refractivity (Wildman–Crippen MR) is 72.3 cm³/mol. The second kappa shape index (κ2) is 4.90. The zero-order valence-electron chi connectivity index (χ0n) is 10.0. The molecule has 3 aromatic rings. The largest absolute Gasteiger partial charge is 0.367 e. The van der Waals surface area contributed by atoms with E-state index >= 15 is 0 Å². The first-order valence-electron chi connectivity index (χ1n) is 5.65. The third-order valence-electron chi connectivity index (χ3n) is 2.71. The molecule has 3 rings (SSSR count). The number of anilines is 1. The van der Waals surface area contributed by atoms with Crippen LogP contribution in [0.25, 0.3) is 22.6 Å². The minimum absolute atomic E-state index is 0.0422. The molecule has 0 saturated carbocycles. The molecular weight excluding hydrogens is 283 g/mol. The number of nitrogen functional groups attached to an aromatic ring is 1. The highest BCUT2D eigenvalue weighted by Crippen LogP contribution is 2.39. The lowest BCUT2D eigenvalue weighted by Gasteiger charge is -2.05. The lowest BCUT2D eigenvalue weighted by atomic mass is 10.0. The summed E-state index contributed by atoms with van der Waals surface area (Å²) in [7, 11) is 0. The Morgan fingerprint density at radius 2 is 1.85 bits per heavy atom. The molecule has 0 aliphatic carbocycles. The summed E-state index contributed by atoms with van der Waals surface area (Å²) in [6.07, 6.45) is 3.08. The first-order chi connectivity index (χ1) is 9.68. The van der Waals surface area contributed by atoms with E-state index in [1.165, 1.54) is 12.1 Å². The molecule has 0 bridgehead atoms. The minimum Gasteiger partial charge on any atom is -0.367 e. The molecule has 0 aliphatic rings. The van der Waals surface area contributed by atoms with Crippen LogP contribution in [-0.4, -0.2) is 15.1 Å². The smallest absolute Gasteiger partial charge is 0.230 e. The Hall–Kier alpha value is -2.47. The van der Waals surface area contributed by atoms with Crippen LogP contribution in [0.5, 0.6) is 0 Å². The van der Waals surface area contributed by atoms with E-state index in [1.54, 1.807) is 24.5 Å². The molecule has 0 fully saturated rings. The Bertz CT molecular complexity index is 740. The van der Waals surface area contributed by atoms with Gasteiger partial charge in [-0.3, -0.25) is 0 Å². The van der Waals surface area contributed by atoms with E-state index in [1.807, 2.05) is 0 Å². The van der Waals surface area contributed by atoms with Crippen molar-refractivity contribution in [2.24, 2.45) is 0 Å². The average molecular weight is 291 g/mol. The van der Waals surface area contributed by atoms with Gasteiger partial charge in [-0.2, -0.15) is 0 Å². The van der Waals surface area contributed by atoms with Gasteiger partial charge in [0.1, 0.15) is 5.82 Å². The van der Waals surface area contributed by atoms with Crippen molar-refractivity contribution >= 4 is 17.5 Å². The van der Waals surface area contributed by atoms with Crippen LogP contribution in [0.4, 0.5) is 10.3 Å². The zero-order valence-corrected chi connectivity index (χ0v) is 10.8. The van der Waals surface area contributed by atoms with E-state index in [-0.39, 0.29) is 33.6 Å². The maximum Gasteiger partial charge on any atom is 0.230 e. The number of nitrogens with two attached hydrogens (primary N) is 1. The Balaban J connectivity index is 2.28. The molecule has 0 atom stereocenters. The molecule has 100 valence electrons. The van der Waals surface area contributed by atoms with Gasteiger partial charge in [-0.05, 0) is 18.2 Å². The number of nitrogens with zero attached hydrogens (tertiary/aromatic N) is 3.